The summed E-state index contributed by atoms with van der Waals surface area (Å²) in [5.41, 5.74) is 2.69. The maximum absolute atomic E-state index is 12.2. The van der Waals surface area contributed by atoms with Crippen LogP contribution in [0.1, 0.15) is 42.5 Å². The van der Waals surface area contributed by atoms with Gasteiger partial charge in [-0.05, 0) is 39.8 Å². The van der Waals surface area contributed by atoms with Crippen molar-refractivity contribution < 1.29 is 13.9 Å². The molecule has 0 radical (unpaired) electrons. The Morgan fingerprint density at radius 2 is 2.04 bits per heavy atom. The van der Waals surface area contributed by atoms with E-state index in [0.717, 1.165) is 28.3 Å². The molecule has 0 aliphatic heterocycles. The highest BCUT2D eigenvalue weighted by atomic mass is 16.5. The molecule has 23 heavy (non-hydrogen) atoms. The van der Waals surface area contributed by atoms with Crippen molar-refractivity contribution in [3.05, 3.63) is 53.0 Å². The van der Waals surface area contributed by atoms with Crippen molar-refractivity contribution in [1.29, 1.82) is 0 Å². The number of urea groups is 1. The van der Waals surface area contributed by atoms with E-state index in [4.69, 9.17) is 9.15 Å². The highest BCUT2D eigenvalue weighted by molar-refractivity contribution is 5.90. The molecular formula is C18H24N2O3. The van der Waals surface area contributed by atoms with Gasteiger partial charge in [-0.1, -0.05) is 18.2 Å². The van der Waals surface area contributed by atoms with Crippen LogP contribution in [0.5, 0.6) is 0 Å². The minimum Gasteiger partial charge on any atom is -0.466 e. The Kier molecular flexibility index (Phi) is 5.82. The molecule has 0 fully saturated rings. The number of ether oxygens (including phenoxy) is 1. The molecule has 2 N–H and O–H groups in total. The highest BCUT2D eigenvalue weighted by Crippen LogP contribution is 2.21. The number of furan rings is 1. The SMILES string of the molecule is CCOCc1ccccc1NC(=O)N[C@@H](C)c1cc(C)oc1C. The topological polar surface area (TPSA) is 63.5 Å². The smallest absolute Gasteiger partial charge is 0.319 e. The summed E-state index contributed by atoms with van der Waals surface area (Å²) < 4.78 is 10.9. The second-order valence-electron chi connectivity index (χ2n) is 5.48. The molecule has 2 rings (SSSR count). The van der Waals surface area contributed by atoms with Crippen molar-refractivity contribution in [2.45, 2.75) is 40.3 Å². The summed E-state index contributed by atoms with van der Waals surface area (Å²) in [5.74, 6) is 1.67. The summed E-state index contributed by atoms with van der Waals surface area (Å²) in [4.78, 5) is 12.2. The van der Waals surface area contributed by atoms with Crippen LogP contribution in [0.25, 0.3) is 0 Å². The van der Waals surface area contributed by atoms with Gasteiger partial charge in [0.1, 0.15) is 11.5 Å². The first-order valence-corrected chi connectivity index (χ1v) is 7.81. The summed E-state index contributed by atoms with van der Waals surface area (Å²) in [6.07, 6.45) is 0. The van der Waals surface area contributed by atoms with Gasteiger partial charge in [0.25, 0.3) is 0 Å². The molecule has 0 saturated heterocycles. The number of carbonyl (C=O) groups excluding carboxylic acids is 1. The number of benzene rings is 1. The normalized spacial score (nSPS) is 12.0. The lowest BCUT2D eigenvalue weighted by molar-refractivity contribution is 0.134. The Balaban J connectivity index is 2.01. The number of anilines is 1. The van der Waals surface area contributed by atoms with Crippen molar-refractivity contribution in [2.75, 3.05) is 11.9 Å². The first kappa shape index (κ1) is 17.1. The Hall–Kier alpha value is -2.27. The van der Waals surface area contributed by atoms with Crippen LogP contribution in [0.15, 0.2) is 34.7 Å². The van der Waals surface area contributed by atoms with E-state index in [0.29, 0.717) is 13.2 Å². The predicted molar refractivity (Wildman–Crippen MR) is 90.5 cm³/mol. The fraction of sp³-hybridized carbons (Fsp3) is 0.389. The average molecular weight is 316 g/mol. The van der Waals surface area contributed by atoms with Crippen molar-refractivity contribution in [2.24, 2.45) is 0 Å². The average Bonchev–Trinajstić information content (AvgIpc) is 2.85. The lowest BCUT2D eigenvalue weighted by Gasteiger charge is -2.16. The van der Waals surface area contributed by atoms with Gasteiger partial charge < -0.3 is 19.8 Å². The molecule has 1 aromatic heterocycles. The van der Waals surface area contributed by atoms with Crippen molar-refractivity contribution in [1.82, 2.24) is 5.32 Å². The minimum absolute atomic E-state index is 0.133. The summed E-state index contributed by atoms with van der Waals surface area (Å²) in [6.45, 7) is 8.78. The summed E-state index contributed by atoms with van der Waals surface area (Å²) in [7, 11) is 0. The second kappa shape index (κ2) is 7.83. The number of hydrogen-bond acceptors (Lipinski definition) is 3. The zero-order chi connectivity index (χ0) is 16.8. The molecule has 5 heteroatoms. The molecule has 2 amide bonds. The van der Waals surface area contributed by atoms with Crippen LogP contribution < -0.4 is 10.6 Å². The Labute approximate surface area is 137 Å². The third kappa shape index (κ3) is 4.60. The maximum atomic E-state index is 12.2. The minimum atomic E-state index is -0.250. The molecule has 5 nitrogen and oxygen atoms in total. The quantitative estimate of drug-likeness (QED) is 0.834. The molecule has 1 atom stereocenters. The molecule has 124 valence electrons. The third-order valence-electron chi connectivity index (χ3n) is 3.62. The number of para-hydroxylation sites is 1. The first-order valence-electron chi connectivity index (χ1n) is 7.81. The molecule has 2 aromatic rings. The summed E-state index contributed by atoms with van der Waals surface area (Å²) >= 11 is 0. The van der Waals surface area contributed by atoms with Gasteiger partial charge in [-0.2, -0.15) is 0 Å². The van der Waals surface area contributed by atoms with E-state index in [1.807, 2.05) is 58.0 Å². The molecule has 0 spiro atoms. The first-order chi connectivity index (χ1) is 11.0. The summed E-state index contributed by atoms with van der Waals surface area (Å²) in [5, 5.41) is 5.82. The second-order valence-corrected chi connectivity index (χ2v) is 5.48. The van der Waals surface area contributed by atoms with Crippen molar-refractivity contribution in [3.63, 3.8) is 0 Å². The van der Waals surface area contributed by atoms with E-state index in [9.17, 15) is 4.79 Å². The maximum Gasteiger partial charge on any atom is 0.319 e. The summed E-state index contributed by atoms with van der Waals surface area (Å²) in [6, 6.07) is 9.19. The van der Waals surface area contributed by atoms with Crippen LogP contribution in [0.3, 0.4) is 0 Å². The Morgan fingerprint density at radius 3 is 2.70 bits per heavy atom. The predicted octanol–water partition coefficient (Wildman–Crippen LogP) is 4.32. The number of nitrogens with one attached hydrogen (secondary N) is 2. The van der Waals surface area contributed by atoms with Gasteiger partial charge in [-0.3, -0.25) is 0 Å². The fourth-order valence-electron chi connectivity index (χ4n) is 2.49. The standard InChI is InChI=1S/C18H24N2O3/c1-5-22-11-15-8-6-7-9-17(15)20-18(21)19-13(3)16-10-12(2)23-14(16)4/h6-10,13H,5,11H2,1-4H3,(H2,19,20,21)/t13-/m0/s1. The Bertz CT molecular complexity index is 664. The van der Waals surface area contributed by atoms with Gasteiger partial charge in [0.2, 0.25) is 0 Å². The van der Waals surface area contributed by atoms with E-state index >= 15 is 0 Å². The van der Waals surface area contributed by atoms with E-state index in [-0.39, 0.29) is 12.1 Å². The number of carbonyl (C=O) groups is 1. The van der Waals surface area contributed by atoms with Gasteiger partial charge in [-0.25, -0.2) is 4.79 Å². The van der Waals surface area contributed by atoms with Gasteiger partial charge >= 0.3 is 6.03 Å². The van der Waals surface area contributed by atoms with Crippen LogP contribution in [-0.4, -0.2) is 12.6 Å². The molecule has 0 aliphatic carbocycles. The Morgan fingerprint density at radius 1 is 1.30 bits per heavy atom. The van der Waals surface area contributed by atoms with E-state index < -0.39 is 0 Å². The molecule has 0 bridgehead atoms. The van der Waals surface area contributed by atoms with Crippen LogP contribution >= 0.6 is 0 Å². The highest BCUT2D eigenvalue weighted by Gasteiger charge is 2.15. The van der Waals surface area contributed by atoms with Crippen LogP contribution in [0.4, 0.5) is 10.5 Å². The number of aryl methyl sites for hydroxylation is 2. The van der Waals surface area contributed by atoms with Gasteiger partial charge in [-0.15, -0.1) is 0 Å². The molecule has 0 aliphatic rings. The van der Waals surface area contributed by atoms with Crippen molar-refractivity contribution in [3.8, 4) is 0 Å². The van der Waals surface area contributed by atoms with Gasteiger partial charge in [0.15, 0.2) is 0 Å². The number of hydrogen-bond donors (Lipinski definition) is 2. The monoisotopic (exact) mass is 316 g/mol. The number of amides is 2. The molecular weight excluding hydrogens is 292 g/mol. The lowest BCUT2D eigenvalue weighted by Crippen LogP contribution is -2.31. The van der Waals surface area contributed by atoms with E-state index in [2.05, 4.69) is 10.6 Å². The molecule has 0 saturated carbocycles. The lowest BCUT2D eigenvalue weighted by atomic mass is 10.1. The van der Waals surface area contributed by atoms with Crippen LogP contribution in [0.2, 0.25) is 0 Å². The van der Waals surface area contributed by atoms with Gasteiger partial charge in [0.05, 0.1) is 12.6 Å². The largest absolute Gasteiger partial charge is 0.466 e. The molecule has 1 aromatic carbocycles. The third-order valence-corrected chi connectivity index (χ3v) is 3.62. The van der Waals surface area contributed by atoms with Crippen LogP contribution in [-0.2, 0) is 11.3 Å². The molecule has 1 heterocycles. The van der Waals surface area contributed by atoms with E-state index in [1.54, 1.807) is 0 Å². The molecule has 0 unspecified atom stereocenters. The number of rotatable bonds is 6. The van der Waals surface area contributed by atoms with Crippen LogP contribution in [0, 0.1) is 13.8 Å². The van der Waals surface area contributed by atoms with E-state index in [1.165, 1.54) is 0 Å². The zero-order valence-corrected chi connectivity index (χ0v) is 14.1. The zero-order valence-electron chi connectivity index (χ0n) is 14.1. The van der Waals surface area contributed by atoms with Gasteiger partial charge in [0, 0.05) is 23.4 Å². The van der Waals surface area contributed by atoms with Crippen molar-refractivity contribution >= 4 is 11.7 Å². The fourth-order valence-corrected chi connectivity index (χ4v) is 2.49.